The molecule has 2 atom stereocenters. The summed E-state index contributed by atoms with van der Waals surface area (Å²) in [5, 5.41) is 4.24. The number of H-pyrrole nitrogens is 1. The minimum Gasteiger partial charge on any atom is -0.339 e. The first kappa shape index (κ1) is 15.8. The molecule has 2 N–H and O–H groups in total. The highest BCUT2D eigenvalue weighted by Gasteiger charge is 2.32. The summed E-state index contributed by atoms with van der Waals surface area (Å²) in [4.78, 5) is 29.8. The number of pyridine rings is 1. The van der Waals surface area contributed by atoms with Crippen molar-refractivity contribution < 1.29 is 4.79 Å². The van der Waals surface area contributed by atoms with E-state index in [2.05, 4.69) is 26.2 Å². The van der Waals surface area contributed by atoms with Crippen molar-refractivity contribution in [1.82, 2.24) is 15.2 Å². The van der Waals surface area contributed by atoms with Gasteiger partial charge in [0, 0.05) is 34.5 Å². The van der Waals surface area contributed by atoms with E-state index in [1.54, 1.807) is 0 Å². The number of carbonyl (C=O) groups excluding carboxylic acids is 1. The number of likely N-dealkylation sites (tertiary alicyclic amines) is 1. The molecule has 2 aliphatic rings. The predicted molar refractivity (Wildman–Crippen MR) is 97.3 cm³/mol. The molecule has 0 unspecified atom stereocenters. The lowest BCUT2D eigenvalue weighted by atomic mass is 9.92. The number of rotatable bonds is 1. The van der Waals surface area contributed by atoms with Crippen LogP contribution in [-0.2, 0) is 0 Å². The summed E-state index contributed by atoms with van der Waals surface area (Å²) < 4.78 is 0.896. The normalized spacial score (nSPS) is 24.0. The van der Waals surface area contributed by atoms with Crippen molar-refractivity contribution in [2.24, 2.45) is 11.8 Å². The number of nitrogens with zero attached hydrogens (tertiary/aromatic N) is 1. The summed E-state index contributed by atoms with van der Waals surface area (Å²) in [6, 6.07) is 7.03. The zero-order chi connectivity index (χ0) is 16.7. The number of hydrogen-bond acceptors (Lipinski definition) is 3. The molecule has 5 nitrogen and oxygen atoms in total. The van der Waals surface area contributed by atoms with Gasteiger partial charge in [0.05, 0.1) is 5.56 Å². The number of fused-ring (bicyclic) bond motifs is 2. The molecular formula is C18H20BrN3O2. The van der Waals surface area contributed by atoms with Gasteiger partial charge in [-0.05, 0) is 56.0 Å². The van der Waals surface area contributed by atoms with Crippen LogP contribution in [0.2, 0.25) is 0 Å². The number of aromatic nitrogens is 1. The number of halogens is 1. The first-order valence-corrected chi connectivity index (χ1v) is 9.24. The first-order valence-electron chi connectivity index (χ1n) is 8.44. The molecule has 2 aromatic rings. The Morgan fingerprint density at radius 2 is 1.83 bits per heavy atom. The fourth-order valence-electron chi connectivity index (χ4n) is 3.99. The summed E-state index contributed by atoms with van der Waals surface area (Å²) >= 11 is 3.45. The van der Waals surface area contributed by atoms with E-state index in [0.717, 1.165) is 48.9 Å². The van der Waals surface area contributed by atoms with E-state index in [1.165, 1.54) is 6.07 Å². The van der Waals surface area contributed by atoms with E-state index in [-0.39, 0.29) is 11.5 Å². The van der Waals surface area contributed by atoms with E-state index in [0.29, 0.717) is 22.9 Å². The highest BCUT2D eigenvalue weighted by molar-refractivity contribution is 9.10. The zero-order valence-corrected chi connectivity index (χ0v) is 14.9. The summed E-state index contributed by atoms with van der Waals surface area (Å²) in [5.74, 6) is 1.32. The van der Waals surface area contributed by atoms with Gasteiger partial charge < -0.3 is 15.2 Å². The summed E-state index contributed by atoms with van der Waals surface area (Å²) in [7, 11) is 0. The number of benzene rings is 1. The Bertz CT molecular complexity index is 834. The predicted octanol–water partition coefficient (Wildman–Crippen LogP) is 2.36. The molecule has 0 bridgehead atoms. The molecular weight excluding hydrogens is 370 g/mol. The molecule has 0 radical (unpaired) electrons. The molecule has 1 amide bonds. The largest absolute Gasteiger partial charge is 0.339 e. The van der Waals surface area contributed by atoms with Gasteiger partial charge >= 0.3 is 0 Å². The van der Waals surface area contributed by atoms with Crippen LogP contribution in [0, 0.1) is 11.8 Å². The van der Waals surface area contributed by atoms with Crippen LogP contribution >= 0.6 is 15.9 Å². The van der Waals surface area contributed by atoms with Crippen molar-refractivity contribution in [2.75, 3.05) is 26.2 Å². The smallest absolute Gasteiger partial charge is 0.254 e. The molecule has 2 aliphatic heterocycles. The minimum absolute atomic E-state index is 0.0304. The fraction of sp³-hybridized carbons (Fsp3) is 0.444. The molecule has 6 heteroatoms. The molecule has 3 heterocycles. The third-order valence-corrected chi connectivity index (χ3v) is 5.84. The Morgan fingerprint density at radius 3 is 2.54 bits per heavy atom. The van der Waals surface area contributed by atoms with E-state index in [4.69, 9.17) is 0 Å². The van der Waals surface area contributed by atoms with Crippen LogP contribution in [0.1, 0.15) is 23.2 Å². The quantitative estimate of drug-likeness (QED) is 0.786. The van der Waals surface area contributed by atoms with Gasteiger partial charge in [-0.2, -0.15) is 0 Å². The average molecular weight is 390 g/mol. The first-order chi connectivity index (χ1) is 11.6. The molecule has 0 spiro atoms. The van der Waals surface area contributed by atoms with Crippen molar-refractivity contribution in [1.29, 1.82) is 0 Å². The van der Waals surface area contributed by atoms with Gasteiger partial charge in [-0.15, -0.1) is 0 Å². The fourth-order valence-corrected chi connectivity index (χ4v) is 4.36. The topological polar surface area (TPSA) is 65.2 Å². The van der Waals surface area contributed by atoms with Gasteiger partial charge in [-0.3, -0.25) is 9.59 Å². The Balaban J connectivity index is 1.68. The Morgan fingerprint density at radius 1 is 1.12 bits per heavy atom. The highest BCUT2D eigenvalue weighted by atomic mass is 79.9. The molecule has 0 aliphatic carbocycles. The molecule has 126 valence electrons. The molecule has 24 heavy (non-hydrogen) atoms. The number of amides is 1. The standard InChI is InChI=1S/C18H20BrN3O2/c19-13-1-2-16-14(7-13)15(8-17(23)21-16)18(24)22-5-3-11-9-20-10-12(11)4-6-22/h1-2,7-8,11-12,20H,3-6,9-10H2,(H,21,23)/t11-,12+. The van der Waals surface area contributed by atoms with Crippen LogP contribution in [0.25, 0.3) is 10.9 Å². The van der Waals surface area contributed by atoms with Gasteiger partial charge in [0.15, 0.2) is 0 Å². The van der Waals surface area contributed by atoms with Crippen molar-refractivity contribution in [3.8, 4) is 0 Å². The molecule has 0 saturated carbocycles. The molecule has 1 aromatic carbocycles. The summed E-state index contributed by atoms with van der Waals surface area (Å²) in [6.07, 6.45) is 2.07. The second kappa shape index (κ2) is 6.33. The van der Waals surface area contributed by atoms with E-state index in [9.17, 15) is 9.59 Å². The second-order valence-electron chi connectivity index (χ2n) is 6.79. The average Bonchev–Trinajstić information content (AvgIpc) is 2.92. The van der Waals surface area contributed by atoms with E-state index >= 15 is 0 Å². The van der Waals surface area contributed by atoms with Gasteiger partial charge in [-0.1, -0.05) is 15.9 Å². The maximum Gasteiger partial charge on any atom is 0.254 e. The Labute approximate surface area is 148 Å². The third kappa shape index (κ3) is 2.89. The van der Waals surface area contributed by atoms with Crippen molar-refractivity contribution in [3.05, 3.63) is 44.7 Å². The number of carbonyl (C=O) groups is 1. The van der Waals surface area contributed by atoms with Gasteiger partial charge in [0.1, 0.15) is 0 Å². The van der Waals surface area contributed by atoms with Crippen LogP contribution in [0.4, 0.5) is 0 Å². The lowest BCUT2D eigenvalue weighted by Crippen LogP contribution is -2.33. The van der Waals surface area contributed by atoms with Gasteiger partial charge in [-0.25, -0.2) is 0 Å². The number of hydrogen-bond donors (Lipinski definition) is 2. The SMILES string of the molecule is O=C(c1cc(=O)[nH]c2ccc(Br)cc12)N1CC[C@@H]2CNC[C@@H]2CC1. The number of aromatic amines is 1. The third-order valence-electron chi connectivity index (χ3n) is 5.34. The monoisotopic (exact) mass is 389 g/mol. The maximum absolute atomic E-state index is 13.1. The van der Waals surface area contributed by atoms with Gasteiger partial charge in [0.25, 0.3) is 5.91 Å². The minimum atomic E-state index is -0.232. The van der Waals surface area contributed by atoms with Crippen LogP contribution in [0.3, 0.4) is 0 Å². The van der Waals surface area contributed by atoms with Crippen LogP contribution in [0.15, 0.2) is 33.5 Å². The molecule has 4 rings (SSSR count). The molecule has 2 saturated heterocycles. The summed E-state index contributed by atoms with van der Waals surface area (Å²) in [5.41, 5.74) is 0.967. The summed E-state index contributed by atoms with van der Waals surface area (Å²) in [6.45, 7) is 3.66. The van der Waals surface area contributed by atoms with Crippen molar-refractivity contribution >= 4 is 32.7 Å². The second-order valence-corrected chi connectivity index (χ2v) is 7.70. The maximum atomic E-state index is 13.1. The number of nitrogens with one attached hydrogen (secondary N) is 2. The molecule has 2 fully saturated rings. The molecule has 1 aromatic heterocycles. The van der Waals surface area contributed by atoms with E-state index in [1.807, 2.05) is 23.1 Å². The Kier molecular flexibility index (Phi) is 4.18. The van der Waals surface area contributed by atoms with Crippen LogP contribution < -0.4 is 10.9 Å². The zero-order valence-electron chi connectivity index (χ0n) is 13.3. The van der Waals surface area contributed by atoms with Crippen molar-refractivity contribution in [3.63, 3.8) is 0 Å². The van der Waals surface area contributed by atoms with E-state index < -0.39 is 0 Å². The van der Waals surface area contributed by atoms with Crippen LogP contribution in [0.5, 0.6) is 0 Å². The Hall–Kier alpha value is -1.66. The van der Waals surface area contributed by atoms with Gasteiger partial charge in [0.2, 0.25) is 5.56 Å². The van der Waals surface area contributed by atoms with Crippen LogP contribution in [-0.4, -0.2) is 42.0 Å². The van der Waals surface area contributed by atoms with Crippen molar-refractivity contribution in [2.45, 2.75) is 12.8 Å². The lowest BCUT2D eigenvalue weighted by molar-refractivity contribution is 0.0760. The highest BCUT2D eigenvalue weighted by Crippen LogP contribution is 2.28. The lowest BCUT2D eigenvalue weighted by Gasteiger charge is -2.21.